The number of nitrogens with one attached hydrogen (secondary N) is 2. The van der Waals surface area contributed by atoms with E-state index in [0.29, 0.717) is 5.56 Å². The number of carbonyl (C=O) groups excluding carboxylic acids is 2. The summed E-state index contributed by atoms with van der Waals surface area (Å²) in [5.41, 5.74) is 0.190. The molecule has 3 rings (SSSR count). The number of rotatable bonds is 5. The first-order valence-corrected chi connectivity index (χ1v) is 9.52. The number of hydrogen-bond acceptors (Lipinski definition) is 4. The second-order valence-electron chi connectivity index (χ2n) is 7.20. The van der Waals surface area contributed by atoms with E-state index < -0.39 is 16.6 Å². The molecule has 2 N–H and O–H groups in total. The van der Waals surface area contributed by atoms with Crippen LogP contribution >= 0.6 is 0 Å². The Morgan fingerprint density at radius 2 is 1.83 bits per heavy atom. The topological polar surface area (TPSA) is 101 Å². The molecule has 0 saturated heterocycles. The molecule has 0 radical (unpaired) electrons. The van der Waals surface area contributed by atoms with E-state index in [1.807, 2.05) is 0 Å². The highest BCUT2D eigenvalue weighted by Crippen LogP contribution is 2.28. The zero-order chi connectivity index (χ0) is 21.0. The van der Waals surface area contributed by atoms with E-state index >= 15 is 0 Å². The van der Waals surface area contributed by atoms with Crippen LogP contribution in [-0.2, 0) is 4.79 Å². The van der Waals surface area contributed by atoms with E-state index in [1.54, 1.807) is 19.1 Å². The van der Waals surface area contributed by atoms with Crippen LogP contribution in [0.1, 0.15) is 48.0 Å². The van der Waals surface area contributed by atoms with Crippen molar-refractivity contribution in [3.05, 3.63) is 63.5 Å². The van der Waals surface area contributed by atoms with Gasteiger partial charge in [0.15, 0.2) is 0 Å². The van der Waals surface area contributed by atoms with Crippen LogP contribution in [0, 0.1) is 28.8 Å². The molecule has 2 amide bonds. The molecule has 1 fully saturated rings. The lowest BCUT2D eigenvalue weighted by Crippen LogP contribution is -2.25. The van der Waals surface area contributed by atoms with E-state index in [-0.39, 0.29) is 34.5 Å². The van der Waals surface area contributed by atoms with Gasteiger partial charge in [-0.05, 0) is 44.0 Å². The van der Waals surface area contributed by atoms with Gasteiger partial charge in [0.2, 0.25) is 5.91 Å². The second-order valence-corrected chi connectivity index (χ2v) is 7.20. The molecule has 2 aromatic rings. The van der Waals surface area contributed by atoms with Crippen molar-refractivity contribution in [1.29, 1.82) is 0 Å². The Morgan fingerprint density at radius 1 is 1.10 bits per heavy atom. The lowest BCUT2D eigenvalue weighted by atomic mass is 9.88. The van der Waals surface area contributed by atoms with Crippen LogP contribution in [0.4, 0.5) is 21.5 Å². The highest BCUT2D eigenvalue weighted by atomic mass is 19.1. The van der Waals surface area contributed by atoms with Crippen molar-refractivity contribution in [3.63, 3.8) is 0 Å². The van der Waals surface area contributed by atoms with Crippen molar-refractivity contribution in [2.75, 3.05) is 10.6 Å². The molecule has 1 aliphatic rings. The quantitative estimate of drug-likeness (QED) is 0.556. The van der Waals surface area contributed by atoms with Gasteiger partial charge in [0.1, 0.15) is 11.4 Å². The number of benzene rings is 2. The number of nitro benzene ring substituents is 1. The van der Waals surface area contributed by atoms with Crippen LogP contribution in [-0.4, -0.2) is 16.7 Å². The first kappa shape index (κ1) is 20.4. The maximum atomic E-state index is 14.2. The fourth-order valence-electron chi connectivity index (χ4n) is 3.58. The third-order valence-corrected chi connectivity index (χ3v) is 5.12. The number of carbonyl (C=O) groups is 2. The molecule has 1 aliphatic carbocycles. The first-order valence-electron chi connectivity index (χ1n) is 9.52. The standard InChI is InChI=1S/C21H22FN3O4/c1-13-6-5-9-16(19(13)25(28)29)21(27)23-15-10-11-17(22)18(12-15)24-20(26)14-7-3-2-4-8-14/h5-6,9-12,14H,2-4,7-8H2,1H3,(H,23,27)(H,24,26). The van der Waals surface area contributed by atoms with Crippen molar-refractivity contribution in [3.8, 4) is 0 Å². The third kappa shape index (κ3) is 4.77. The van der Waals surface area contributed by atoms with Crippen LogP contribution in [0.3, 0.4) is 0 Å². The first-order chi connectivity index (χ1) is 13.9. The fourth-order valence-corrected chi connectivity index (χ4v) is 3.58. The Labute approximate surface area is 167 Å². The number of amides is 2. The molecule has 0 bridgehead atoms. The molecule has 0 heterocycles. The van der Waals surface area contributed by atoms with Crippen LogP contribution in [0.25, 0.3) is 0 Å². The largest absolute Gasteiger partial charge is 0.323 e. The number of para-hydroxylation sites is 1. The Bertz CT molecular complexity index is 955. The zero-order valence-corrected chi connectivity index (χ0v) is 16.0. The average Bonchev–Trinajstić information content (AvgIpc) is 2.70. The van der Waals surface area contributed by atoms with Crippen molar-refractivity contribution >= 4 is 28.9 Å². The molecule has 8 heteroatoms. The van der Waals surface area contributed by atoms with Gasteiger partial charge in [-0.1, -0.05) is 31.4 Å². The lowest BCUT2D eigenvalue weighted by molar-refractivity contribution is -0.385. The maximum Gasteiger partial charge on any atom is 0.285 e. The molecule has 0 unspecified atom stereocenters. The summed E-state index contributed by atoms with van der Waals surface area (Å²) >= 11 is 0. The van der Waals surface area contributed by atoms with Crippen LogP contribution in [0.5, 0.6) is 0 Å². The summed E-state index contributed by atoms with van der Waals surface area (Å²) in [6, 6.07) is 8.25. The van der Waals surface area contributed by atoms with Gasteiger partial charge < -0.3 is 10.6 Å². The molecule has 29 heavy (non-hydrogen) atoms. The number of anilines is 2. The Hall–Kier alpha value is -3.29. The summed E-state index contributed by atoms with van der Waals surface area (Å²) in [6.07, 6.45) is 4.62. The SMILES string of the molecule is Cc1cccc(C(=O)Nc2ccc(F)c(NC(=O)C3CCCCC3)c2)c1[N+](=O)[O-]. The number of nitro groups is 1. The van der Waals surface area contributed by atoms with Gasteiger partial charge in [-0.15, -0.1) is 0 Å². The van der Waals surface area contributed by atoms with E-state index in [9.17, 15) is 24.1 Å². The van der Waals surface area contributed by atoms with Crippen LogP contribution < -0.4 is 10.6 Å². The predicted octanol–water partition coefficient (Wildman–Crippen LogP) is 4.81. The van der Waals surface area contributed by atoms with E-state index in [4.69, 9.17) is 0 Å². The fraction of sp³-hybridized carbons (Fsp3) is 0.333. The zero-order valence-electron chi connectivity index (χ0n) is 16.0. The van der Waals surface area contributed by atoms with E-state index in [2.05, 4.69) is 10.6 Å². The number of hydrogen-bond donors (Lipinski definition) is 2. The Kier molecular flexibility index (Phi) is 6.21. The van der Waals surface area contributed by atoms with Gasteiger partial charge in [-0.25, -0.2) is 4.39 Å². The number of halogens is 1. The number of aryl methyl sites for hydroxylation is 1. The predicted molar refractivity (Wildman–Crippen MR) is 107 cm³/mol. The van der Waals surface area contributed by atoms with E-state index in [0.717, 1.165) is 38.2 Å². The minimum atomic E-state index is -0.684. The molecule has 1 saturated carbocycles. The van der Waals surface area contributed by atoms with Crippen molar-refractivity contribution in [2.45, 2.75) is 39.0 Å². The van der Waals surface area contributed by atoms with Crippen LogP contribution in [0.15, 0.2) is 36.4 Å². The van der Waals surface area contributed by atoms with Gasteiger partial charge in [0.05, 0.1) is 10.6 Å². The molecule has 7 nitrogen and oxygen atoms in total. The summed E-state index contributed by atoms with van der Waals surface area (Å²) < 4.78 is 14.2. The molecule has 0 atom stereocenters. The molecule has 2 aromatic carbocycles. The maximum absolute atomic E-state index is 14.2. The van der Waals surface area contributed by atoms with Gasteiger partial charge in [0, 0.05) is 17.2 Å². The van der Waals surface area contributed by atoms with Crippen molar-refractivity contribution in [1.82, 2.24) is 0 Å². The molecule has 0 aliphatic heterocycles. The lowest BCUT2D eigenvalue weighted by Gasteiger charge is -2.21. The van der Waals surface area contributed by atoms with E-state index in [1.165, 1.54) is 18.2 Å². The highest BCUT2D eigenvalue weighted by molar-refractivity contribution is 6.07. The second kappa shape index (κ2) is 8.81. The van der Waals surface area contributed by atoms with Gasteiger partial charge in [0.25, 0.3) is 11.6 Å². The van der Waals surface area contributed by atoms with Gasteiger partial charge in [-0.3, -0.25) is 19.7 Å². The molecule has 152 valence electrons. The Morgan fingerprint density at radius 3 is 2.52 bits per heavy atom. The summed E-state index contributed by atoms with van der Waals surface area (Å²) in [5, 5.41) is 16.4. The summed E-state index contributed by atoms with van der Waals surface area (Å²) in [6.45, 7) is 1.55. The van der Waals surface area contributed by atoms with Crippen LogP contribution in [0.2, 0.25) is 0 Å². The monoisotopic (exact) mass is 399 g/mol. The average molecular weight is 399 g/mol. The minimum absolute atomic E-state index is 0.0304. The minimum Gasteiger partial charge on any atom is -0.323 e. The highest BCUT2D eigenvalue weighted by Gasteiger charge is 2.24. The van der Waals surface area contributed by atoms with Gasteiger partial charge in [-0.2, -0.15) is 0 Å². The summed E-state index contributed by atoms with van der Waals surface area (Å²) in [7, 11) is 0. The molecule has 0 aromatic heterocycles. The third-order valence-electron chi connectivity index (χ3n) is 5.12. The molecular formula is C21H22FN3O4. The summed E-state index contributed by atoms with van der Waals surface area (Å²) in [4.78, 5) is 35.6. The number of nitrogens with zero attached hydrogens (tertiary/aromatic N) is 1. The van der Waals surface area contributed by atoms with Gasteiger partial charge >= 0.3 is 0 Å². The van der Waals surface area contributed by atoms with Crippen molar-refractivity contribution < 1.29 is 18.9 Å². The smallest absolute Gasteiger partial charge is 0.285 e. The summed E-state index contributed by atoms with van der Waals surface area (Å²) in [5.74, 6) is -1.68. The Balaban J connectivity index is 1.78. The van der Waals surface area contributed by atoms with Crippen molar-refractivity contribution in [2.24, 2.45) is 5.92 Å². The molecular weight excluding hydrogens is 377 g/mol. The normalized spacial score (nSPS) is 14.3. The molecule has 0 spiro atoms.